The van der Waals surface area contributed by atoms with Crippen LogP contribution in [0.1, 0.15) is 16.8 Å². The number of hydrogen-bond donors (Lipinski definition) is 1. The van der Waals surface area contributed by atoms with Crippen molar-refractivity contribution in [3.8, 4) is 0 Å². The van der Waals surface area contributed by atoms with Gasteiger partial charge in [0.15, 0.2) is 0 Å². The maximum atomic E-state index is 12.7. The third kappa shape index (κ3) is 4.34. The molecule has 7 heteroatoms. The fourth-order valence-corrected chi connectivity index (χ4v) is 1.43. The Morgan fingerprint density at radius 3 is 2.25 bits per heavy atom. The van der Waals surface area contributed by atoms with Gasteiger partial charge in [-0.3, -0.25) is 9.59 Å². The first-order chi connectivity index (χ1) is 9.47. The molecule has 0 aromatic heterocycles. The Kier molecular flexibility index (Phi) is 5.64. The molecule has 6 nitrogen and oxygen atoms in total. The normalized spacial score (nSPS) is 11.3. The molecule has 1 rings (SSSR count). The van der Waals surface area contributed by atoms with E-state index in [9.17, 15) is 18.8 Å². The molecule has 20 heavy (non-hydrogen) atoms. The highest BCUT2D eigenvalue weighted by molar-refractivity contribution is 5.97. The number of carbonyl (C=O) groups excluding carboxylic acids is 3. The number of hydrogen-bond acceptors (Lipinski definition) is 5. The molecule has 1 aromatic carbocycles. The highest BCUT2D eigenvalue weighted by Crippen LogP contribution is 2.05. The summed E-state index contributed by atoms with van der Waals surface area (Å²) in [5.74, 6) is -2.55. The average Bonchev–Trinajstić information content (AvgIpc) is 2.46. The lowest BCUT2D eigenvalue weighted by molar-refractivity contribution is -0.149. The lowest BCUT2D eigenvalue weighted by Gasteiger charge is -2.15. The van der Waals surface area contributed by atoms with Crippen molar-refractivity contribution in [1.29, 1.82) is 0 Å². The summed E-state index contributed by atoms with van der Waals surface area (Å²) in [7, 11) is 2.30. The lowest BCUT2D eigenvalue weighted by Crippen LogP contribution is -2.43. The zero-order chi connectivity index (χ0) is 15.1. The van der Waals surface area contributed by atoms with E-state index in [1.165, 1.54) is 19.2 Å². The second-order valence-corrected chi connectivity index (χ2v) is 3.84. The first-order valence-corrected chi connectivity index (χ1v) is 5.69. The summed E-state index contributed by atoms with van der Waals surface area (Å²) in [6.07, 6.45) is -0.351. The summed E-state index contributed by atoms with van der Waals surface area (Å²) in [6, 6.07) is 3.59. The number of esters is 2. The molecule has 0 aliphatic carbocycles. The number of halogens is 1. The smallest absolute Gasteiger partial charge is 0.328 e. The van der Waals surface area contributed by atoms with Crippen molar-refractivity contribution in [3.05, 3.63) is 35.6 Å². The first kappa shape index (κ1) is 15.6. The molecule has 0 aliphatic rings. The van der Waals surface area contributed by atoms with Crippen molar-refractivity contribution >= 4 is 17.8 Å². The number of benzene rings is 1. The fraction of sp³-hybridized carbons (Fsp3) is 0.308. The molecule has 0 aliphatic heterocycles. The van der Waals surface area contributed by atoms with Gasteiger partial charge < -0.3 is 14.8 Å². The predicted octanol–water partition coefficient (Wildman–Crippen LogP) is 0.660. The number of ether oxygens (including phenoxy) is 2. The number of carbonyl (C=O) groups is 3. The molecule has 108 valence electrons. The molecule has 1 aromatic rings. The molecule has 0 bridgehead atoms. The molecule has 0 spiro atoms. The van der Waals surface area contributed by atoms with Gasteiger partial charge in [-0.25, -0.2) is 9.18 Å². The Bertz CT molecular complexity index is 500. The van der Waals surface area contributed by atoms with Crippen LogP contribution in [0.2, 0.25) is 0 Å². The third-order valence-corrected chi connectivity index (χ3v) is 2.50. The van der Waals surface area contributed by atoms with Crippen LogP contribution in [0.15, 0.2) is 24.3 Å². The summed E-state index contributed by atoms with van der Waals surface area (Å²) >= 11 is 0. The monoisotopic (exact) mass is 283 g/mol. The van der Waals surface area contributed by atoms with E-state index in [-0.39, 0.29) is 12.0 Å². The summed E-state index contributed by atoms with van der Waals surface area (Å²) in [5, 5.41) is 2.33. The number of amides is 1. The van der Waals surface area contributed by atoms with Crippen molar-refractivity contribution in [3.63, 3.8) is 0 Å². The zero-order valence-corrected chi connectivity index (χ0v) is 11.0. The zero-order valence-electron chi connectivity index (χ0n) is 11.0. The standard InChI is InChI=1S/C13H14FNO5/c1-19-11(16)7-10(13(18)20-2)15-12(17)8-3-5-9(14)6-4-8/h3-6,10H,7H2,1-2H3,(H,15,17)/t10-/m0/s1. The van der Waals surface area contributed by atoms with Crippen LogP contribution < -0.4 is 5.32 Å². The minimum atomic E-state index is -1.16. The van der Waals surface area contributed by atoms with Gasteiger partial charge in [0.2, 0.25) is 0 Å². The van der Waals surface area contributed by atoms with Crippen molar-refractivity contribution < 1.29 is 28.2 Å². The van der Waals surface area contributed by atoms with Crippen LogP contribution in [-0.2, 0) is 19.1 Å². The fourth-order valence-electron chi connectivity index (χ4n) is 1.43. The summed E-state index contributed by atoms with van der Waals surface area (Å²) in [5.41, 5.74) is 0.158. The highest BCUT2D eigenvalue weighted by atomic mass is 19.1. The topological polar surface area (TPSA) is 81.7 Å². The van der Waals surface area contributed by atoms with Crippen LogP contribution in [-0.4, -0.2) is 38.1 Å². The van der Waals surface area contributed by atoms with Gasteiger partial charge in [-0.15, -0.1) is 0 Å². The van der Waals surface area contributed by atoms with Gasteiger partial charge >= 0.3 is 11.9 Å². The predicted molar refractivity (Wildman–Crippen MR) is 66.3 cm³/mol. The Labute approximate surface area is 114 Å². The van der Waals surface area contributed by atoms with Crippen LogP contribution in [0.25, 0.3) is 0 Å². The van der Waals surface area contributed by atoms with Crippen LogP contribution in [0, 0.1) is 5.82 Å². The molecular weight excluding hydrogens is 269 g/mol. The molecule has 0 radical (unpaired) electrons. The second kappa shape index (κ2) is 7.22. The molecule has 0 saturated heterocycles. The summed E-state index contributed by atoms with van der Waals surface area (Å²) in [4.78, 5) is 34.5. The van der Waals surface area contributed by atoms with E-state index in [0.717, 1.165) is 19.2 Å². The third-order valence-electron chi connectivity index (χ3n) is 2.50. The molecular formula is C13H14FNO5. The van der Waals surface area contributed by atoms with E-state index in [2.05, 4.69) is 14.8 Å². The Morgan fingerprint density at radius 1 is 1.15 bits per heavy atom. The van der Waals surface area contributed by atoms with Gasteiger partial charge in [0.25, 0.3) is 5.91 Å². The molecule has 0 saturated carbocycles. The van der Waals surface area contributed by atoms with E-state index in [4.69, 9.17) is 0 Å². The van der Waals surface area contributed by atoms with Crippen molar-refractivity contribution in [2.45, 2.75) is 12.5 Å². The van der Waals surface area contributed by atoms with E-state index in [1.807, 2.05) is 0 Å². The van der Waals surface area contributed by atoms with Crippen molar-refractivity contribution in [1.82, 2.24) is 5.32 Å². The Hall–Kier alpha value is -2.44. The molecule has 1 N–H and O–H groups in total. The highest BCUT2D eigenvalue weighted by Gasteiger charge is 2.25. The van der Waals surface area contributed by atoms with Crippen molar-refractivity contribution in [2.24, 2.45) is 0 Å². The number of methoxy groups -OCH3 is 2. The molecule has 1 atom stereocenters. The van der Waals surface area contributed by atoms with Crippen LogP contribution in [0.4, 0.5) is 4.39 Å². The van der Waals surface area contributed by atoms with Crippen LogP contribution in [0.5, 0.6) is 0 Å². The van der Waals surface area contributed by atoms with E-state index in [0.29, 0.717) is 0 Å². The van der Waals surface area contributed by atoms with Gasteiger partial charge in [-0.1, -0.05) is 0 Å². The summed E-state index contributed by atoms with van der Waals surface area (Å²) < 4.78 is 21.7. The van der Waals surface area contributed by atoms with Crippen LogP contribution >= 0.6 is 0 Å². The first-order valence-electron chi connectivity index (χ1n) is 5.69. The maximum Gasteiger partial charge on any atom is 0.328 e. The molecule has 1 amide bonds. The van der Waals surface area contributed by atoms with Gasteiger partial charge in [0, 0.05) is 5.56 Å². The van der Waals surface area contributed by atoms with Crippen LogP contribution in [0.3, 0.4) is 0 Å². The molecule has 0 heterocycles. The van der Waals surface area contributed by atoms with Gasteiger partial charge in [-0.05, 0) is 24.3 Å². The minimum Gasteiger partial charge on any atom is -0.469 e. The minimum absolute atomic E-state index is 0.158. The average molecular weight is 283 g/mol. The van der Waals surface area contributed by atoms with E-state index >= 15 is 0 Å². The SMILES string of the molecule is COC(=O)C[C@H](NC(=O)c1ccc(F)cc1)C(=O)OC. The number of nitrogens with one attached hydrogen (secondary N) is 1. The maximum absolute atomic E-state index is 12.7. The molecule has 0 unspecified atom stereocenters. The second-order valence-electron chi connectivity index (χ2n) is 3.84. The van der Waals surface area contributed by atoms with E-state index in [1.54, 1.807) is 0 Å². The largest absolute Gasteiger partial charge is 0.469 e. The quantitative estimate of drug-likeness (QED) is 0.803. The van der Waals surface area contributed by atoms with Gasteiger partial charge in [0.05, 0.1) is 20.6 Å². The Morgan fingerprint density at radius 2 is 1.75 bits per heavy atom. The van der Waals surface area contributed by atoms with E-state index < -0.39 is 29.7 Å². The number of rotatable bonds is 5. The van der Waals surface area contributed by atoms with Gasteiger partial charge in [-0.2, -0.15) is 0 Å². The lowest BCUT2D eigenvalue weighted by atomic mass is 10.1. The van der Waals surface area contributed by atoms with Crippen molar-refractivity contribution in [2.75, 3.05) is 14.2 Å². The summed E-state index contributed by atoms with van der Waals surface area (Å²) in [6.45, 7) is 0. The molecule has 0 fully saturated rings. The van der Waals surface area contributed by atoms with Gasteiger partial charge in [0.1, 0.15) is 11.9 Å². The Balaban J connectivity index is 2.78.